The van der Waals surface area contributed by atoms with Gasteiger partial charge in [0.05, 0.1) is 16.6 Å². The summed E-state index contributed by atoms with van der Waals surface area (Å²) >= 11 is 7.28. The van der Waals surface area contributed by atoms with Crippen molar-refractivity contribution in [2.75, 3.05) is 5.32 Å². The molecule has 0 aliphatic rings. The Morgan fingerprint density at radius 2 is 1.93 bits per heavy atom. The maximum absolute atomic E-state index is 12.7. The average molecular weight is 411 g/mol. The molecule has 0 unspecified atom stereocenters. The van der Waals surface area contributed by atoms with Crippen LogP contribution in [0, 0.1) is 6.92 Å². The molecule has 0 spiro atoms. The number of aromatic nitrogens is 3. The molecule has 0 atom stereocenters. The zero-order valence-corrected chi connectivity index (χ0v) is 16.6. The zero-order chi connectivity index (χ0) is 19.8. The van der Waals surface area contributed by atoms with E-state index in [4.69, 9.17) is 11.6 Å². The molecule has 6 nitrogen and oxygen atoms in total. The van der Waals surface area contributed by atoms with Gasteiger partial charge in [-0.05, 0) is 25.1 Å². The largest absolute Gasteiger partial charge is 0.296 e. The van der Waals surface area contributed by atoms with Crippen LogP contribution in [0.3, 0.4) is 0 Å². The van der Waals surface area contributed by atoms with Crippen molar-refractivity contribution in [3.63, 3.8) is 0 Å². The standard InChI is InChI=1S/C20H15ClN4O2S/c1-11-3-5-12(6-4-11)15-10-28-20(22-15)23-19(27)17-18(26)14-9-13(21)7-8-16(14)25(2)24-17/h3-10H,1-2H3,(H,22,23,27). The van der Waals surface area contributed by atoms with Crippen LogP contribution >= 0.6 is 22.9 Å². The summed E-state index contributed by atoms with van der Waals surface area (Å²) in [7, 11) is 1.67. The van der Waals surface area contributed by atoms with Crippen LogP contribution in [0.25, 0.3) is 22.2 Å². The smallest absolute Gasteiger partial charge is 0.281 e. The van der Waals surface area contributed by atoms with E-state index in [0.29, 0.717) is 21.1 Å². The fraction of sp³-hybridized carbons (Fsp3) is 0.100. The molecule has 0 saturated heterocycles. The first-order valence-corrected chi connectivity index (χ1v) is 9.68. The van der Waals surface area contributed by atoms with Gasteiger partial charge in [-0.1, -0.05) is 41.4 Å². The van der Waals surface area contributed by atoms with Crippen LogP contribution in [0.4, 0.5) is 5.13 Å². The third-order valence-electron chi connectivity index (χ3n) is 4.30. The van der Waals surface area contributed by atoms with Gasteiger partial charge in [0.2, 0.25) is 5.43 Å². The van der Waals surface area contributed by atoms with Crippen molar-refractivity contribution in [3.8, 4) is 11.3 Å². The molecule has 4 rings (SSSR count). The third-order valence-corrected chi connectivity index (χ3v) is 5.30. The molecule has 1 N–H and O–H groups in total. The summed E-state index contributed by atoms with van der Waals surface area (Å²) in [5.41, 5.74) is 2.80. The SMILES string of the molecule is Cc1ccc(-c2csc(NC(=O)c3nn(C)c4ccc(Cl)cc4c3=O)n2)cc1. The van der Waals surface area contributed by atoms with Gasteiger partial charge in [0.25, 0.3) is 5.91 Å². The first-order valence-electron chi connectivity index (χ1n) is 8.43. The molecule has 1 amide bonds. The number of anilines is 1. The van der Waals surface area contributed by atoms with Gasteiger partial charge in [-0.3, -0.25) is 19.6 Å². The third kappa shape index (κ3) is 3.42. The molecule has 4 aromatic rings. The highest BCUT2D eigenvalue weighted by molar-refractivity contribution is 7.14. The Labute approximate surface area is 169 Å². The summed E-state index contributed by atoms with van der Waals surface area (Å²) in [6.07, 6.45) is 0. The van der Waals surface area contributed by atoms with Crippen LogP contribution in [0.15, 0.2) is 52.6 Å². The number of aryl methyl sites for hydroxylation is 2. The number of hydrogen-bond acceptors (Lipinski definition) is 5. The summed E-state index contributed by atoms with van der Waals surface area (Å²) in [6.45, 7) is 2.01. The van der Waals surface area contributed by atoms with Gasteiger partial charge in [-0.2, -0.15) is 5.10 Å². The number of nitrogens with zero attached hydrogens (tertiary/aromatic N) is 3. The van der Waals surface area contributed by atoms with Crippen molar-refractivity contribution in [1.82, 2.24) is 14.8 Å². The summed E-state index contributed by atoms with van der Waals surface area (Å²) in [5, 5.41) is 9.81. The van der Waals surface area contributed by atoms with E-state index >= 15 is 0 Å². The number of rotatable bonds is 3. The van der Waals surface area contributed by atoms with Crippen LogP contribution < -0.4 is 10.7 Å². The van der Waals surface area contributed by atoms with Crippen molar-refractivity contribution in [1.29, 1.82) is 0 Å². The monoisotopic (exact) mass is 410 g/mol. The van der Waals surface area contributed by atoms with E-state index in [9.17, 15) is 9.59 Å². The summed E-state index contributed by atoms with van der Waals surface area (Å²) in [6, 6.07) is 12.9. The topological polar surface area (TPSA) is 76.9 Å². The molecule has 0 bridgehead atoms. The Kier molecular flexibility index (Phi) is 4.70. The fourth-order valence-electron chi connectivity index (χ4n) is 2.84. The molecule has 2 aromatic heterocycles. The van der Waals surface area contributed by atoms with E-state index in [0.717, 1.165) is 16.8 Å². The number of fused-ring (bicyclic) bond motifs is 1. The van der Waals surface area contributed by atoms with Gasteiger partial charge in [0, 0.05) is 23.0 Å². The lowest BCUT2D eigenvalue weighted by Gasteiger charge is -2.07. The Bertz CT molecular complexity index is 1260. The van der Waals surface area contributed by atoms with Crippen molar-refractivity contribution in [3.05, 3.63) is 74.3 Å². The first kappa shape index (κ1) is 18.3. The number of benzene rings is 2. The molecule has 2 heterocycles. The second-order valence-electron chi connectivity index (χ2n) is 6.32. The van der Waals surface area contributed by atoms with Gasteiger partial charge in [-0.15, -0.1) is 11.3 Å². The zero-order valence-electron chi connectivity index (χ0n) is 15.1. The van der Waals surface area contributed by atoms with E-state index in [1.807, 2.05) is 36.6 Å². The van der Waals surface area contributed by atoms with Crippen molar-refractivity contribution in [2.24, 2.45) is 7.05 Å². The molecule has 8 heteroatoms. The number of halogens is 1. The van der Waals surface area contributed by atoms with Crippen LogP contribution in [0.1, 0.15) is 16.1 Å². The molecule has 28 heavy (non-hydrogen) atoms. The minimum atomic E-state index is -0.604. The van der Waals surface area contributed by atoms with E-state index in [2.05, 4.69) is 15.4 Å². The van der Waals surface area contributed by atoms with E-state index in [1.54, 1.807) is 19.2 Å². The predicted octanol–water partition coefficient (Wildman–Crippen LogP) is 4.27. The fourth-order valence-corrected chi connectivity index (χ4v) is 3.73. The maximum Gasteiger partial charge on any atom is 0.281 e. The summed E-state index contributed by atoms with van der Waals surface area (Å²) in [5.74, 6) is -0.604. The van der Waals surface area contributed by atoms with Crippen LogP contribution in [0.5, 0.6) is 0 Å². The molecule has 0 radical (unpaired) electrons. The van der Waals surface area contributed by atoms with Crippen LogP contribution in [-0.2, 0) is 7.05 Å². The maximum atomic E-state index is 12.7. The normalized spacial score (nSPS) is 11.0. The average Bonchev–Trinajstić information content (AvgIpc) is 3.13. The number of carbonyl (C=O) groups excluding carboxylic acids is 1. The minimum Gasteiger partial charge on any atom is -0.296 e. The molecule has 0 aliphatic carbocycles. The predicted molar refractivity (Wildman–Crippen MR) is 112 cm³/mol. The number of carbonyl (C=O) groups is 1. The van der Waals surface area contributed by atoms with Gasteiger partial charge >= 0.3 is 0 Å². The molecule has 2 aromatic carbocycles. The van der Waals surface area contributed by atoms with Crippen molar-refractivity contribution < 1.29 is 4.79 Å². The molecule has 0 saturated carbocycles. The lowest BCUT2D eigenvalue weighted by Crippen LogP contribution is -2.26. The lowest BCUT2D eigenvalue weighted by molar-refractivity contribution is 0.101. The van der Waals surface area contributed by atoms with Gasteiger partial charge in [0.1, 0.15) is 0 Å². The van der Waals surface area contributed by atoms with Gasteiger partial charge < -0.3 is 0 Å². The number of amides is 1. The minimum absolute atomic E-state index is 0.204. The van der Waals surface area contributed by atoms with Gasteiger partial charge in [-0.25, -0.2) is 4.98 Å². The number of thiazole rings is 1. The van der Waals surface area contributed by atoms with Gasteiger partial charge in [0.15, 0.2) is 10.8 Å². The van der Waals surface area contributed by atoms with E-state index < -0.39 is 11.3 Å². The summed E-state index contributed by atoms with van der Waals surface area (Å²) in [4.78, 5) is 29.8. The van der Waals surface area contributed by atoms with Crippen molar-refractivity contribution >= 4 is 44.9 Å². The summed E-state index contributed by atoms with van der Waals surface area (Å²) < 4.78 is 1.49. The first-order chi connectivity index (χ1) is 13.4. The molecule has 0 fully saturated rings. The molecule has 0 aliphatic heterocycles. The highest BCUT2D eigenvalue weighted by Crippen LogP contribution is 2.25. The highest BCUT2D eigenvalue weighted by Gasteiger charge is 2.18. The Morgan fingerprint density at radius 1 is 1.18 bits per heavy atom. The van der Waals surface area contributed by atoms with E-state index in [1.165, 1.54) is 22.1 Å². The second kappa shape index (κ2) is 7.18. The quantitative estimate of drug-likeness (QED) is 0.547. The Balaban J connectivity index is 1.65. The Hall–Kier alpha value is -3.03. The molecular weight excluding hydrogens is 396 g/mol. The number of nitrogens with one attached hydrogen (secondary N) is 1. The highest BCUT2D eigenvalue weighted by atomic mass is 35.5. The van der Waals surface area contributed by atoms with Crippen LogP contribution in [0.2, 0.25) is 5.02 Å². The van der Waals surface area contributed by atoms with E-state index in [-0.39, 0.29) is 5.69 Å². The molecule has 140 valence electrons. The molecular formula is C20H15ClN4O2S. The number of hydrogen-bond donors (Lipinski definition) is 1. The van der Waals surface area contributed by atoms with Crippen LogP contribution in [-0.4, -0.2) is 20.7 Å². The Morgan fingerprint density at radius 3 is 2.68 bits per heavy atom. The second-order valence-corrected chi connectivity index (χ2v) is 7.62. The lowest BCUT2D eigenvalue weighted by atomic mass is 10.1. The van der Waals surface area contributed by atoms with Crippen molar-refractivity contribution in [2.45, 2.75) is 6.92 Å².